The molecule has 1 heterocycles. The number of ketones is 1. The van der Waals surface area contributed by atoms with Crippen molar-refractivity contribution in [2.75, 3.05) is 0 Å². The number of Topliss-reactive ketones (excluding diaryl/α,β-unsaturated/α-hetero) is 1. The van der Waals surface area contributed by atoms with Gasteiger partial charge in [0.05, 0.1) is 11.4 Å². The molecule has 0 aliphatic carbocycles. The lowest BCUT2D eigenvalue weighted by molar-refractivity contribution is 0.0989. The summed E-state index contributed by atoms with van der Waals surface area (Å²) in [4.78, 5) is 16.5. The van der Waals surface area contributed by atoms with Gasteiger partial charge in [-0.05, 0) is 24.6 Å². The third-order valence-corrected chi connectivity index (χ3v) is 3.64. The Morgan fingerprint density at radius 3 is 3.00 bits per heavy atom. The van der Waals surface area contributed by atoms with Crippen LogP contribution in [-0.4, -0.2) is 15.3 Å². The van der Waals surface area contributed by atoms with E-state index in [1.807, 2.05) is 16.8 Å². The Morgan fingerprint density at radius 2 is 2.26 bits per heavy atom. The number of nitrogens with zero attached hydrogens (tertiary/aromatic N) is 2. The van der Waals surface area contributed by atoms with E-state index in [0.29, 0.717) is 10.6 Å². The molecule has 1 aromatic carbocycles. The lowest BCUT2D eigenvalue weighted by Crippen LogP contribution is -2.10. The lowest BCUT2D eigenvalue weighted by atomic mass is 10.1. The Kier molecular flexibility index (Phi) is 4.77. The average Bonchev–Trinajstić information content (AvgIpc) is 2.80. The van der Waals surface area contributed by atoms with Gasteiger partial charge in [0.1, 0.15) is 5.82 Å². The monoisotopic (exact) mass is 340 g/mol. The summed E-state index contributed by atoms with van der Waals surface area (Å²) >= 11 is 9.41. The summed E-state index contributed by atoms with van der Waals surface area (Å²) < 4.78 is 2.85. The summed E-state index contributed by atoms with van der Waals surface area (Å²) in [7, 11) is 0. The van der Waals surface area contributed by atoms with Gasteiger partial charge in [-0.3, -0.25) is 4.79 Å². The van der Waals surface area contributed by atoms with Crippen LogP contribution in [0.3, 0.4) is 0 Å². The molecule has 0 saturated heterocycles. The highest BCUT2D eigenvalue weighted by molar-refractivity contribution is 9.10. The lowest BCUT2D eigenvalue weighted by Gasteiger charge is -2.07. The number of halogens is 2. The van der Waals surface area contributed by atoms with Gasteiger partial charge in [0, 0.05) is 29.0 Å². The normalized spacial score (nSPS) is 10.7. The van der Waals surface area contributed by atoms with Crippen molar-refractivity contribution in [2.24, 2.45) is 0 Å². The number of aromatic nitrogens is 2. The topological polar surface area (TPSA) is 34.9 Å². The molecular formula is C14H14BrClN2O. The maximum Gasteiger partial charge on any atom is 0.171 e. The van der Waals surface area contributed by atoms with Gasteiger partial charge in [0.2, 0.25) is 0 Å². The molecule has 0 spiro atoms. The molecule has 5 heteroatoms. The molecule has 0 unspecified atom stereocenters. The third-order valence-electron chi connectivity index (χ3n) is 2.81. The molecule has 0 N–H and O–H groups in total. The first-order valence-corrected chi connectivity index (χ1v) is 7.27. The number of carbonyl (C=O) groups is 1. The van der Waals surface area contributed by atoms with Crippen molar-refractivity contribution >= 4 is 33.3 Å². The maximum atomic E-state index is 12.3. The molecular weight excluding hydrogens is 328 g/mol. The quantitative estimate of drug-likeness (QED) is 0.766. The minimum absolute atomic E-state index is 0.0187. The van der Waals surface area contributed by atoms with Crippen molar-refractivity contribution < 1.29 is 4.79 Å². The highest BCUT2D eigenvalue weighted by Crippen LogP contribution is 2.22. The minimum atomic E-state index is -0.0187. The van der Waals surface area contributed by atoms with Crippen LogP contribution in [0.4, 0.5) is 0 Å². The van der Waals surface area contributed by atoms with Crippen LogP contribution in [0.25, 0.3) is 0 Å². The molecule has 100 valence electrons. The van der Waals surface area contributed by atoms with E-state index in [0.717, 1.165) is 23.3 Å². The number of aryl methyl sites for hydroxylation is 1. The van der Waals surface area contributed by atoms with Gasteiger partial charge in [-0.1, -0.05) is 34.5 Å². The molecule has 2 aromatic rings. The summed E-state index contributed by atoms with van der Waals surface area (Å²) in [5.41, 5.74) is 0.530. The van der Waals surface area contributed by atoms with Crippen LogP contribution in [0.1, 0.15) is 29.5 Å². The molecule has 0 amide bonds. The fraction of sp³-hybridized carbons (Fsp3) is 0.286. The van der Waals surface area contributed by atoms with Gasteiger partial charge in [-0.15, -0.1) is 0 Å². The molecule has 0 bridgehead atoms. The summed E-state index contributed by atoms with van der Waals surface area (Å²) in [6, 6.07) is 5.28. The molecule has 3 nitrogen and oxygen atoms in total. The summed E-state index contributed by atoms with van der Waals surface area (Å²) in [5, 5.41) is 0.474. The molecule has 0 saturated carbocycles. The third kappa shape index (κ3) is 3.45. The van der Waals surface area contributed by atoms with Gasteiger partial charge in [0.15, 0.2) is 5.78 Å². The second-order valence-corrected chi connectivity index (χ2v) is 5.58. The highest BCUT2D eigenvalue weighted by atomic mass is 79.9. The summed E-state index contributed by atoms with van der Waals surface area (Å²) in [5.74, 6) is 0.762. The molecule has 19 heavy (non-hydrogen) atoms. The highest BCUT2D eigenvalue weighted by Gasteiger charge is 2.14. The van der Waals surface area contributed by atoms with E-state index >= 15 is 0 Å². The summed E-state index contributed by atoms with van der Waals surface area (Å²) in [6.07, 6.45) is 4.90. The van der Waals surface area contributed by atoms with Crippen molar-refractivity contribution in [1.29, 1.82) is 0 Å². The van der Waals surface area contributed by atoms with Crippen LogP contribution >= 0.6 is 27.5 Å². The number of imidazole rings is 1. The number of hydrogen-bond donors (Lipinski definition) is 0. The zero-order valence-electron chi connectivity index (χ0n) is 10.6. The standard InChI is InChI=1S/C14H14BrClN2O/c1-2-6-18-7-5-17-14(18)9-13(19)11-8-10(15)3-4-12(11)16/h3-5,7-8H,2,6,9H2,1H3. The SMILES string of the molecule is CCCn1ccnc1CC(=O)c1cc(Br)ccc1Cl. The second-order valence-electron chi connectivity index (χ2n) is 4.26. The summed E-state index contributed by atoms with van der Waals surface area (Å²) in [6.45, 7) is 2.96. The number of rotatable bonds is 5. The van der Waals surface area contributed by atoms with E-state index in [9.17, 15) is 4.79 Å². The zero-order chi connectivity index (χ0) is 13.8. The first-order valence-electron chi connectivity index (χ1n) is 6.10. The Balaban J connectivity index is 2.21. The van der Waals surface area contributed by atoms with Crippen LogP contribution in [-0.2, 0) is 13.0 Å². The van der Waals surface area contributed by atoms with E-state index in [4.69, 9.17) is 11.6 Å². The largest absolute Gasteiger partial charge is 0.335 e. The number of benzene rings is 1. The predicted octanol–water partition coefficient (Wildman–Crippen LogP) is 4.13. The maximum absolute atomic E-state index is 12.3. The van der Waals surface area contributed by atoms with Crippen molar-refractivity contribution in [2.45, 2.75) is 26.3 Å². The number of hydrogen-bond acceptors (Lipinski definition) is 2. The molecule has 0 aliphatic rings. The van der Waals surface area contributed by atoms with E-state index in [-0.39, 0.29) is 12.2 Å². The van der Waals surface area contributed by atoms with E-state index < -0.39 is 0 Å². The smallest absolute Gasteiger partial charge is 0.171 e. The molecule has 0 radical (unpaired) electrons. The average molecular weight is 342 g/mol. The first kappa shape index (κ1) is 14.3. The molecule has 2 rings (SSSR count). The molecule has 0 fully saturated rings. The Labute approximate surface area is 125 Å². The fourth-order valence-corrected chi connectivity index (χ4v) is 2.49. The molecule has 1 aromatic heterocycles. The van der Waals surface area contributed by atoms with Crippen molar-refractivity contribution in [3.8, 4) is 0 Å². The van der Waals surface area contributed by atoms with E-state index in [1.165, 1.54) is 0 Å². The molecule has 0 aliphatic heterocycles. The van der Waals surface area contributed by atoms with Crippen molar-refractivity contribution in [3.63, 3.8) is 0 Å². The van der Waals surface area contributed by atoms with Crippen LogP contribution in [0.2, 0.25) is 5.02 Å². The van der Waals surface area contributed by atoms with E-state index in [1.54, 1.807) is 18.3 Å². The van der Waals surface area contributed by atoms with Gasteiger partial charge in [0.25, 0.3) is 0 Å². The van der Waals surface area contributed by atoms with Gasteiger partial charge < -0.3 is 4.57 Å². The zero-order valence-corrected chi connectivity index (χ0v) is 12.9. The van der Waals surface area contributed by atoms with Crippen LogP contribution in [0, 0.1) is 0 Å². The predicted molar refractivity (Wildman–Crippen MR) is 79.7 cm³/mol. The first-order chi connectivity index (χ1) is 9.11. The Bertz CT molecular complexity index is 595. The Morgan fingerprint density at radius 1 is 1.47 bits per heavy atom. The van der Waals surface area contributed by atoms with Crippen LogP contribution in [0.15, 0.2) is 35.1 Å². The van der Waals surface area contributed by atoms with Crippen LogP contribution < -0.4 is 0 Å². The van der Waals surface area contributed by atoms with Crippen molar-refractivity contribution in [1.82, 2.24) is 9.55 Å². The second kappa shape index (κ2) is 6.35. The fourth-order valence-electron chi connectivity index (χ4n) is 1.90. The van der Waals surface area contributed by atoms with Gasteiger partial charge in [-0.2, -0.15) is 0 Å². The minimum Gasteiger partial charge on any atom is -0.335 e. The Hall–Kier alpha value is -1.13. The number of carbonyl (C=O) groups excluding carboxylic acids is 1. The molecule has 0 atom stereocenters. The van der Waals surface area contributed by atoms with Gasteiger partial charge >= 0.3 is 0 Å². The van der Waals surface area contributed by atoms with Crippen LogP contribution in [0.5, 0.6) is 0 Å². The van der Waals surface area contributed by atoms with Gasteiger partial charge in [-0.25, -0.2) is 4.98 Å². The van der Waals surface area contributed by atoms with E-state index in [2.05, 4.69) is 27.8 Å². The van der Waals surface area contributed by atoms with Crippen molar-refractivity contribution in [3.05, 3.63) is 51.5 Å².